The lowest BCUT2D eigenvalue weighted by atomic mass is 9.76. The topological polar surface area (TPSA) is 79.4 Å². The van der Waals surface area contributed by atoms with E-state index in [0.29, 0.717) is 11.3 Å². The number of hydrogen-bond donors (Lipinski definition) is 0. The summed E-state index contributed by atoms with van der Waals surface area (Å²) in [4.78, 5) is 12.6. The number of fused-ring (bicyclic) bond motifs is 2. The van der Waals surface area contributed by atoms with Crippen LogP contribution in [0, 0.1) is 21.4 Å². The van der Waals surface area contributed by atoms with E-state index >= 15 is 0 Å². The number of benzene rings is 2. The van der Waals surface area contributed by atoms with Crippen LogP contribution in [-0.4, -0.2) is 17.2 Å². The van der Waals surface area contributed by atoms with Gasteiger partial charge in [0.15, 0.2) is 0 Å². The maximum Gasteiger partial charge on any atom is 0.270 e. The van der Waals surface area contributed by atoms with Gasteiger partial charge in [-0.05, 0) is 43.7 Å². The second-order valence-electron chi connectivity index (χ2n) is 7.00. The van der Waals surface area contributed by atoms with E-state index in [-0.39, 0.29) is 12.2 Å². The molecule has 0 saturated carbocycles. The first-order chi connectivity index (χ1) is 12.4. The molecule has 2 aromatic carbocycles. The maximum absolute atomic E-state index is 11.0. The summed E-state index contributed by atoms with van der Waals surface area (Å²) < 4.78 is 6.44. The van der Waals surface area contributed by atoms with Crippen LogP contribution < -0.4 is 9.64 Å². The molecule has 0 saturated heterocycles. The lowest BCUT2D eigenvalue weighted by molar-refractivity contribution is -0.384. The second-order valence-corrected chi connectivity index (χ2v) is 7.00. The molecule has 2 aliphatic rings. The zero-order chi connectivity index (χ0) is 18.5. The normalized spacial score (nSPS) is 21.7. The average Bonchev–Trinajstić information content (AvgIpc) is 2.81. The van der Waals surface area contributed by atoms with Crippen molar-refractivity contribution in [1.82, 2.24) is 0 Å². The summed E-state index contributed by atoms with van der Waals surface area (Å²) in [6.45, 7) is 4.35. The summed E-state index contributed by atoms with van der Waals surface area (Å²) in [7, 11) is 0. The van der Waals surface area contributed by atoms with Crippen LogP contribution in [0.5, 0.6) is 5.75 Å². The Morgan fingerprint density at radius 2 is 2.04 bits per heavy atom. The van der Waals surface area contributed by atoms with Gasteiger partial charge in [-0.3, -0.25) is 10.1 Å². The molecule has 2 aromatic rings. The van der Waals surface area contributed by atoms with Crippen LogP contribution in [0.15, 0.2) is 48.5 Å². The van der Waals surface area contributed by atoms with Crippen LogP contribution >= 0.6 is 0 Å². The summed E-state index contributed by atoms with van der Waals surface area (Å²) >= 11 is 0. The number of nitro groups is 1. The molecule has 0 fully saturated rings. The third kappa shape index (κ3) is 1.97. The van der Waals surface area contributed by atoms with Crippen LogP contribution in [-0.2, 0) is 5.41 Å². The van der Waals surface area contributed by atoms with E-state index in [2.05, 4.69) is 26.0 Å². The van der Waals surface area contributed by atoms with Gasteiger partial charge in [0.1, 0.15) is 12.3 Å². The SMILES string of the molecule is CC1(C)c2ccccc2N(CC#N)C12C=Cc1cc([N+](=O)[O-])ccc1O2. The van der Waals surface area contributed by atoms with E-state index in [1.165, 1.54) is 12.1 Å². The summed E-state index contributed by atoms with van der Waals surface area (Å²) in [5.41, 5.74) is 1.47. The van der Waals surface area contributed by atoms with Gasteiger partial charge in [0, 0.05) is 23.4 Å². The first-order valence-electron chi connectivity index (χ1n) is 8.31. The molecule has 0 radical (unpaired) electrons. The molecule has 0 aliphatic carbocycles. The summed E-state index contributed by atoms with van der Waals surface area (Å²) in [5, 5.41) is 20.4. The van der Waals surface area contributed by atoms with Crippen molar-refractivity contribution in [2.45, 2.75) is 25.0 Å². The lowest BCUT2D eigenvalue weighted by Crippen LogP contribution is -2.59. The van der Waals surface area contributed by atoms with Crippen LogP contribution in [0.3, 0.4) is 0 Å². The van der Waals surface area contributed by atoms with Crippen molar-refractivity contribution in [1.29, 1.82) is 5.26 Å². The standard InChI is InChI=1S/C20H17N3O3/c1-19(2)16-5-3-4-6-17(16)22(12-11-21)20(19)10-9-14-13-15(23(24)25)7-8-18(14)26-20/h3-10,13H,12H2,1-2H3. The molecule has 130 valence electrons. The highest BCUT2D eigenvalue weighted by molar-refractivity contribution is 5.73. The van der Waals surface area contributed by atoms with Gasteiger partial charge in [0.2, 0.25) is 5.72 Å². The van der Waals surface area contributed by atoms with Gasteiger partial charge in [0.05, 0.1) is 16.4 Å². The molecule has 6 heteroatoms. The van der Waals surface area contributed by atoms with Crippen LogP contribution in [0.1, 0.15) is 25.0 Å². The predicted molar refractivity (Wildman–Crippen MR) is 97.9 cm³/mol. The molecular formula is C20H17N3O3. The Balaban J connectivity index is 1.87. The fourth-order valence-corrected chi connectivity index (χ4v) is 3.98. The predicted octanol–water partition coefficient (Wildman–Crippen LogP) is 4.02. The number of non-ortho nitro benzene ring substituents is 1. The highest BCUT2D eigenvalue weighted by Crippen LogP contribution is 2.54. The van der Waals surface area contributed by atoms with Crippen molar-refractivity contribution in [2.24, 2.45) is 0 Å². The minimum Gasteiger partial charge on any atom is -0.463 e. The van der Waals surface area contributed by atoms with Crippen molar-refractivity contribution in [3.05, 3.63) is 69.8 Å². The molecule has 0 aromatic heterocycles. The number of anilines is 1. The largest absolute Gasteiger partial charge is 0.463 e. The van der Waals surface area contributed by atoms with E-state index < -0.39 is 16.1 Å². The Hall–Kier alpha value is -3.33. The average molecular weight is 347 g/mol. The number of hydrogen-bond acceptors (Lipinski definition) is 5. The van der Waals surface area contributed by atoms with E-state index in [9.17, 15) is 15.4 Å². The molecule has 1 spiro atoms. The van der Waals surface area contributed by atoms with E-state index in [0.717, 1.165) is 11.3 Å². The third-order valence-electron chi connectivity index (χ3n) is 5.35. The fraction of sp³-hybridized carbons (Fsp3) is 0.250. The van der Waals surface area contributed by atoms with Crippen LogP contribution in [0.25, 0.3) is 6.08 Å². The minimum absolute atomic E-state index is 0.0239. The molecule has 0 amide bonds. The molecule has 4 rings (SSSR count). The van der Waals surface area contributed by atoms with Gasteiger partial charge >= 0.3 is 0 Å². The molecule has 0 N–H and O–H groups in total. The van der Waals surface area contributed by atoms with E-state index in [1.54, 1.807) is 6.07 Å². The number of para-hydroxylation sites is 1. The molecule has 1 unspecified atom stereocenters. The van der Waals surface area contributed by atoms with Gasteiger partial charge in [-0.15, -0.1) is 0 Å². The van der Waals surface area contributed by atoms with Crippen molar-refractivity contribution in [2.75, 3.05) is 11.4 Å². The molecule has 0 bridgehead atoms. The van der Waals surface area contributed by atoms with Gasteiger partial charge in [-0.1, -0.05) is 18.2 Å². The molecule has 2 aliphatic heterocycles. The summed E-state index contributed by atoms with van der Waals surface area (Å²) in [6.07, 6.45) is 3.76. The second kappa shape index (κ2) is 5.33. The number of nitriles is 1. The third-order valence-corrected chi connectivity index (χ3v) is 5.35. The van der Waals surface area contributed by atoms with Crippen molar-refractivity contribution in [3.8, 4) is 11.8 Å². The number of ether oxygens (including phenoxy) is 1. The van der Waals surface area contributed by atoms with Crippen molar-refractivity contribution < 1.29 is 9.66 Å². The van der Waals surface area contributed by atoms with Gasteiger partial charge in [-0.2, -0.15) is 5.26 Å². The maximum atomic E-state index is 11.0. The highest BCUT2D eigenvalue weighted by atomic mass is 16.6. The Kier molecular flexibility index (Phi) is 3.31. The molecule has 6 nitrogen and oxygen atoms in total. The monoisotopic (exact) mass is 347 g/mol. The van der Waals surface area contributed by atoms with Gasteiger partial charge in [-0.25, -0.2) is 0 Å². The highest BCUT2D eigenvalue weighted by Gasteiger charge is 2.58. The first kappa shape index (κ1) is 16.2. The first-order valence-corrected chi connectivity index (χ1v) is 8.31. The number of nitrogens with zero attached hydrogens (tertiary/aromatic N) is 3. The molecule has 26 heavy (non-hydrogen) atoms. The smallest absolute Gasteiger partial charge is 0.270 e. The summed E-state index contributed by atoms with van der Waals surface area (Å²) in [5.74, 6) is 0.571. The van der Waals surface area contributed by atoms with Crippen LogP contribution in [0.4, 0.5) is 11.4 Å². The molecule has 2 heterocycles. The lowest BCUT2D eigenvalue weighted by Gasteiger charge is -2.46. The van der Waals surface area contributed by atoms with Crippen molar-refractivity contribution >= 4 is 17.5 Å². The quantitative estimate of drug-likeness (QED) is 0.466. The Labute approximate surface area is 151 Å². The number of nitro benzene ring substituents is 1. The van der Waals surface area contributed by atoms with Crippen LogP contribution in [0.2, 0.25) is 0 Å². The fourth-order valence-electron chi connectivity index (χ4n) is 3.98. The van der Waals surface area contributed by atoms with E-state index in [4.69, 9.17) is 4.74 Å². The van der Waals surface area contributed by atoms with E-state index in [1.807, 2.05) is 35.3 Å². The minimum atomic E-state index is -0.866. The Morgan fingerprint density at radius 3 is 2.77 bits per heavy atom. The summed E-state index contributed by atoms with van der Waals surface area (Å²) in [6, 6.07) is 14.8. The zero-order valence-electron chi connectivity index (χ0n) is 14.5. The Morgan fingerprint density at radius 1 is 1.27 bits per heavy atom. The number of rotatable bonds is 2. The Bertz CT molecular complexity index is 990. The van der Waals surface area contributed by atoms with Gasteiger partial charge < -0.3 is 9.64 Å². The zero-order valence-corrected chi connectivity index (χ0v) is 14.5. The van der Waals surface area contributed by atoms with Crippen molar-refractivity contribution in [3.63, 3.8) is 0 Å². The van der Waals surface area contributed by atoms with Gasteiger partial charge in [0.25, 0.3) is 5.69 Å². The molecule has 1 atom stereocenters. The molecular weight excluding hydrogens is 330 g/mol.